The molecule has 0 bridgehead atoms. The van der Waals surface area contributed by atoms with Crippen LogP contribution in [0.15, 0.2) is 18.2 Å². The maximum atomic E-state index is 12.9. The second-order valence-electron chi connectivity index (χ2n) is 7.47. The lowest BCUT2D eigenvalue weighted by atomic mass is 9.90. The standard InChI is InChI=1S/C20H30N2O/c1-15(2)22-12-10-19(11-13-22)21(3)20(23)18-9-8-16-6-4-5-7-17(16)14-18/h8-9,14-15,19H,4-7,10-13H2,1-3H3. The third-order valence-electron chi connectivity index (χ3n) is 5.69. The lowest BCUT2D eigenvalue weighted by molar-refractivity contribution is 0.0615. The number of hydrogen-bond donors (Lipinski definition) is 0. The predicted octanol–water partition coefficient (Wildman–Crippen LogP) is 3.51. The minimum atomic E-state index is 0.196. The molecule has 0 radical (unpaired) electrons. The van der Waals surface area contributed by atoms with Gasteiger partial charge in [-0.25, -0.2) is 0 Å². The van der Waals surface area contributed by atoms with E-state index in [9.17, 15) is 4.79 Å². The van der Waals surface area contributed by atoms with Crippen LogP contribution in [0.25, 0.3) is 0 Å². The number of nitrogens with zero attached hydrogens (tertiary/aromatic N) is 2. The van der Waals surface area contributed by atoms with Crippen molar-refractivity contribution in [3.8, 4) is 0 Å². The van der Waals surface area contributed by atoms with Crippen LogP contribution < -0.4 is 0 Å². The Labute approximate surface area is 140 Å². The van der Waals surface area contributed by atoms with Crippen molar-refractivity contribution in [3.05, 3.63) is 34.9 Å². The topological polar surface area (TPSA) is 23.6 Å². The van der Waals surface area contributed by atoms with Crippen LogP contribution >= 0.6 is 0 Å². The maximum Gasteiger partial charge on any atom is 0.253 e. The third-order valence-corrected chi connectivity index (χ3v) is 5.69. The minimum absolute atomic E-state index is 0.196. The number of benzene rings is 1. The summed E-state index contributed by atoms with van der Waals surface area (Å²) in [5, 5.41) is 0. The van der Waals surface area contributed by atoms with E-state index in [1.54, 1.807) is 0 Å². The van der Waals surface area contributed by atoms with E-state index in [1.807, 2.05) is 18.0 Å². The summed E-state index contributed by atoms with van der Waals surface area (Å²) in [6, 6.07) is 7.35. The van der Waals surface area contributed by atoms with E-state index in [0.29, 0.717) is 12.1 Å². The van der Waals surface area contributed by atoms with Crippen LogP contribution in [-0.2, 0) is 12.8 Å². The average molecular weight is 314 g/mol. The summed E-state index contributed by atoms with van der Waals surface area (Å²) in [6.45, 7) is 6.71. The van der Waals surface area contributed by atoms with E-state index in [2.05, 4.69) is 30.9 Å². The van der Waals surface area contributed by atoms with Gasteiger partial charge in [-0.2, -0.15) is 0 Å². The summed E-state index contributed by atoms with van der Waals surface area (Å²) in [5.74, 6) is 0.196. The van der Waals surface area contributed by atoms with Crippen LogP contribution in [0.1, 0.15) is 61.0 Å². The van der Waals surface area contributed by atoms with Crippen LogP contribution in [0.4, 0.5) is 0 Å². The van der Waals surface area contributed by atoms with E-state index < -0.39 is 0 Å². The highest BCUT2D eigenvalue weighted by Gasteiger charge is 2.27. The van der Waals surface area contributed by atoms with Gasteiger partial charge in [0, 0.05) is 37.8 Å². The molecule has 1 aromatic carbocycles. The number of piperidine rings is 1. The number of aryl methyl sites for hydroxylation is 2. The molecule has 0 saturated carbocycles. The fourth-order valence-electron chi connectivity index (χ4n) is 4.03. The Balaban J connectivity index is 1.66. The zero-order valence-electron chi connectivity index (χ0n) is 14.8. The largest absolute Gasteiger partial charge is 0.339 e. The second kappa shape index (κ2) is 7.04. The van der Waals surface area contributed by atoms with Gasteiger partial charge in [-0.3, -0.25) is 4.79 Å². The van der Waals surface area contributed by atoms with Crippen LogP contribution in [0.5, 0.6) is 0 Å². The van der Waals surface area contributed by atoms with Crippen molar-refractivity contribution in [2.75, 3.05) is 20.1 Å². The van der Waals surface area contributed by atoms with E-state index in [1.165, 1.54) is 30.4 Å². The van der Waals surface area contributed by atoms with Crippen molar-refractivity contribution in [3.63, 3.8) is 0 Å². The maximum absolute atomic E-state index is 12.9. The molecule has 23 heavy (non-hydrogen) atoms. The van der Waals surface area contributed by atoms with E-state index >= 15 is 0 Å². The van der Waals surface area contributed by atoms with Gasteiger partial charge in [-0.15, -0.1) is 0 Å². The summed E-state index contributed by atoms with van der Waals surface area (Å²) in [5.41, 5.74) is 3.71. The molecule has 1 aromatic rings. The van der Waals surface area contributed by atoms with Gasteiger partial charge in [0.15, 0.2) is 0 Å². The van der Waals surface area contributed by atoms with Gasteiger partial charge >= 0.3 is 0 Å². The van der Waals surface area contributed by atoms with Gasteiger partial charge in [0.25, 0.3) is 5.91 Å². The Hall–Kier alpha value is -1.35. The lowest BCUT2D eigenvalue weighted by Crippen LogP contribution is -2.47. The van der Waals surface area contributed by atoms with Crippen molar-refractivity contribution in [1.29, 1.82) is 0 Å². The quantitative estimate of drug-likeness (QED) is 0.852. The highest BCUT2D eigenvalue weighted by molar-refractivity contribution is 5.94. The summed E-state index contributed by atoms with van der Waals surface area (Å²) < 4.78 is 0. The summed E-state index contributed by atoms with van der Waals surface area (Å²) in [7, 11) is 1.98. The van der Waals surface area contributed by atoms with Crippen molar-refractivity contribution < 1.29 is 4.79 Å². The number of amides is 1. The zero-order valence-corrected chi connectivity index (χ0v) is 14.8. The average Bonchev–Trinajstić information content (AvgIpc) is 2.60. The predicted molar refractivity (Wildman–Crippen MR) is 94.9 cm³/mol. The van der Waals surface area contributed by atoms with Crippen LogP contribution in [0.3, 0.4) is 0 Å². The molecular weight excluding hydrogens is 284 g/mol. The number of likely N-dealkylation sites (tertiary alicyclic amines) is 1. The normalized spacial score (nSPS) is 19.7. The molecule has 0 unspecified atom stereocenters. The van der Waals surface area contributed by atoms with Crippen LogP contribution in [0, 0.1) is 0 Å². The molecule has 1 heterocycles. The summed E-state index contributed by atoms with van der Waals surface area (Å²) >= 11 is 0. The van der Waals surface area contributed by atoms with Crippen molar-refractivity contribution in [2.24, 2.45) is 0 Å². The molecule has 3 rings (SSSR count). The molecule has 0 atom stereocenters. The molecular formula is C20H30N2O. The molecule has 1 aliphatic heterocycles. The third kappa shape index (κ3) is 3.60. The number of fused-ring (bicyclic) bond motifs is 1. The first-order chi connectivity index (χ1) is 11.1. The van der Waals surface area contributed by atoms with E-state index in [-0.39, 0.29) is 5.91 Å². The minimum Gasteiger partial charge on any atom is -0.339 e. The van der Waals surface area contributed by atoms with Gasteiger partial charge in [0.05, 0.1) is 0 Å². The molecule has 126 valence electrons. The Bertz CT molecular complexity index is 559. The molecule has 3 nitrogen and oxygen atoms in total. The first-order valence-electron chi connectivity index (χ1n) is 9.19. The fourth-order valence-corrected chi connectivity index (χ4v) is 4.03. The van der Waals surface area contributed by atoms with Crippen molar-refractivity contribution >= 4 is 5.91 Å². The van der Waals surface area contributed by atoms with Crippen molar-refractivity contribution in [1.82, 2.24) is 9.80 Å². The summed E-state index contributed by atoms with van der Waals surface area (Å²) in [4.78, 5) is 17.4. The Kier molecular flexibility index (Phi) is 5.05. The van der Waals surface area contributed by atoms with Crippen LogP contribution in [0.2, 0.25) is 0 Å². The Morgan fingerprint density at radius 2 is 1.78 bits per heavy atom. The summed E-state index contributed by atoms with van der Waals surface area (Å²) in [6.07, 6.45) is 7.03. The van der Waals surface area contributed by atoms with Gasteiger partial charge < -0.3 is 9.80 Å². The fraction of sp³-hybridized carbons (Fsp3) is 0.650. The van der Waals surface area contributed by atoms with Gasteiger partial charge in [0.2, 0.25) is 0 Å². The highest BCUT2D eigenvalue weighted by Crippen LogP contribution is 2.24. The van der Waals surface area contributed by atoms with E-state index in [4.69, 9.17) is 0 Å². The SMILES string of the molecule is CC(C)N1CCC(N(C)C(=O)c2ccc3c(c2)CCCC3)CC1. The number of hydrogen-bond acceptors (Lipinski definition) is 2. The lowest BCUT2D eigenvalue weighted by Gasteiger charge is -2.38. The van der Waals surface area contributed by atoms with Gasteiger partial charge in [0.1, 0.15) is 0 Å². The Morgan fingerprint density at radius 1 is 1.13 bits per heavy atom. The van der Waals surface area contributed by atoms with Gasteiger partial charge in [-0.05, 0) is 75.6 Å². The molecule has 0 spiro atoms. The van der Waals surface area contributed by atoms with Crippen LogP contribution in [-0.4, -0.2) is 47.9 Å². The number of carbonyl (C=O) groups excluding carboxylic acids is 1. The zero-order chi connectivity index (χ0) is 16.4. The first-order valence-corrected chi connectivity index (χ1v) is 9.19. The molecule has 2 aliphatic rings. The monoisotopic (exact) mass is 314 g/mol. The van der Waals surface area contributed by atoms with Crippen molar-refractivity contribution in [2.45, 2.75) is 64.5 Å². The smallest absolute Gasteiger partial charge is 0.253 e. The molecule has 0 N–H and O–H groups in total. The number of rotatable bonds is 3. The molecule has 1 aliphatic carbocycles. The van der Waals surface area contributed by atoms with E-state index in [0.717, 1.165) is 37.9 Å². The molecule has 1 fully saturated rings. The Morgan fingerprint density at radius 3 is 2.43 bits per heavy atom. The number of carbonyl (C=O) groups is 1. The molecule has 3 heteroatoms. The van der Waals surface area contributed by atoms with Gasteiger partial charge in [-0.1, -0.05) is 6.07 Å². The first kappa shape index (κ1) is 16.5. The highest BCUT2D eigenvalue weighted by atomic mass is 16.2. The second-order valence-corrected chi connectivity index (χ2v) is 7.47. The molecule has 1 saturated heterocycles. The molecule has 0 aromatic heterocycles. The molecule has 1 amide bonds.